The molecule has 0 unspecified atom stereocenters. The molecule has 0 amide bonds. The molecule has 5 nitrogen and oxygen atoms in total. The van der Waals surface area contributed by atoms with Crippen LogP contribution in [0.1, 0.15) is 5.56 Å². The van der Waals surface area contributed by atoms with Crippen LogP contribution in [-0.2, 0) is 0 Å². The molecule has 3 rings (SSSR count). The van der Waals surface area contributed by atoms with Gasteiger partial charge in [0, 0.05) is 6.20 Å². The summed E-state index contributed by atoms with van der Waals surface area (Å²) in [4.78, 5) is 23.7. The van der Waals surface area contributed by atoms with Crippen molar-refractivity contribution in [2.45, 2.75) is 6.92 Å². The van der Waals surface area contributed by atoms with Gasteiger partial charge in [-0.05, 0) is 24.6 Å². The Balaban J connectivity index is 2.51. The van der Waals surface area contributed by atoms with Crippen LogP contribution in [0.2, 0.25) is 10.3 Å². The van der Waals surface area contributed by atoms with E-state index in [2.05, 4.69) is 15.0 Å². The van der Waals surface area contributed by atoms with Gasteiger partial charge in [-0.25, -0.2) is 18.7 Å². The molecule has 0 fully saturated rings. The summed E-state index contributed by atoms with van der Waals surface area (Å²) in [5.74, 6) is -0.735. The lowest BCUT2D eigenvalue weighted by molar-refractivity contribution is 0.624. The minimum absolute atomic E-state index is 0.127. The van der Waals surface area contributed by atoms with Crippen molar-refractivity contribution >= 4 is 34.2 Å². The first kappa shape index (κ1) is 13.9. The van der Waals surface area contributed by atoms with Crippen LogP contribution in [0.3, 0.4) is 0 Å². The Bertz CT molecular complexity index is 926. The molecule has 0 spiro atoms. The number of pyridine rings is 2. The van der Waals surface area contributed by atoms with Crippen LogP contribution in [0.15, 0.2) is 29.3 Å². The highest BCUT2D eigenvalue weighted by Gasteiger charge is 2.16. The lowest BCUT2D eigenvalue weighted by Crippen LogP contribution is -2.23. The molecule has 0 aliphatic carbocycles. The summed E-state index contributed by atoms with van der Waals surface area (Å²) >= 11 is 11.6. The van der Waals surface area contributed by atoms with E-state index in [1.165, 1.54) is 10.8 Å². The standard InChI is InChI=1S/C13H7Cl2FN4O/c1-6-2-3-17-5-9(6)20-12-7(10(14)19-13(20)21)4-8(16)11(15)18-12/h2-5H,1H3. The first-order valence-electron chi connectivity index (χ1n) is 5.84. The molecule has 0 radical (unpaired) electrons. The van der Waals surface area contributed by atoms with Crippen molar-refractivity contribution in [1.82, 2.24) is 19.5 Å². The number of rotatable bonds is 1. The van der Waals surface area contributed by atoms with Crippen molar-refractivity contribution in [1.29, 1.82) is 0 Å². The van der Waals surface area contributed by atoms with Gasteiger partial charge in [-0.2, -0.15) is 4.98 Å². The molecular weight excluding hydrogens is 318 g/mol. The molecule has 0 bridgehead atoms. The van der Waals surface area contributed by atoms with E-state index in [9.17, 15) is 9.18 Å². The summed E-state index contributed by atoms with van der Waals surface area (Å²) in [6.07, 6.45) is 3.08. The molecule has 3 heterocycles. The van der Waals surface area contributed by atoms with Crippen molar-refractivity contribution in [3.05, 3.63) is 56.7 Å². The minimum Gasteiger partial charge on any atom is -0.263 e. The Morgan fingerprint density at radius 1 is 1.24 bits per heavy atom. The Hall–Kier alpha value is -2.05. The molecule has 0 N–H and O–H groups in total. The van der Waals surface area contributed by atoms with Gasteiger partial charge in [0.05, 0.1) is 17.3 Å². The zero-order valence-corrected chi connectivity index (χ0v) is 12.2. The molecule has 106 valence electrons. The molecule has 3 aromatic heterocycles. The van der Waals surface area contributed by atoms with E-state index in [1.807, 2.05) is 0 Å². The lowest BCUT2D eigenvalue weighted by Gasteiger charge is -2.11. The van der Waals surface area contributed by atoms with Gasteiger partial charge in [0.2, 0.25) is 0 Å². The van der Waals surface area contributed by atoms with E-state index in [-0.39, 0.29) is 21.3 Å². The third kappa shape index (κ3) is 2.26. The fourth-order valence-corrected chi connectivity index (χ4v) is 2.32. The predicted molar refractivity (Wildman–Crippen MR) is 77.6 cm³/mol. The van der Waals surface area contributed by atoms with Crippen LogP contribution >= 0.6 is 23.2 Å². The molecule has 8 heteroatoms. The van der Waals surface area contributed by atoms with Gasteiger partial charge in [0.1, 0.15) is 5.15 Å². The SMILES string of the molecule is Cc1ccncc1-n1c(=O)nc(Cl)c2cc(F)c(Cl)nc21. The Kier molecular flexibility index (Phi) is 3.35. The molecule has 0 aliphatic heterocycles. The quantitative estimate of drug-likeness (QED) is 0.510. The highest BCUT2D eigenvalue weighted by molar-refractivity contribution is 6.34. The number of fused-ring (bicyclic) bond motifs is 1. The highest BCUT2D eigenvalue weighted by atomic mass is 35.5. The van der Waals surface area contributed by atoms with Crippen LogP contribution in [0.25, 0.3) is 16.7 Å². The maximum absolute atomic E-state index is 13.6. The van der Waals surface area contributed by atoms with E-state index in [0.29, 0.717) is 5.69 Å². The molecule has 0 saturated carbocycles. The van der Waals surface area contributed by atoms with Gasteiger partial charge in [-0.15, -0.1) is 0 Å². The van der Waals surface area contributed by atoms with Crippen molar-refractivity contribution in [3.8, 4) is 5.69 Å². The summed E-state index contributed by atoms with van der Waals surface area (Å²) in [7, 11) is 0. The molecular formula is C13H7Cl2FN4O. The van der Waals surface area contributed by atoms with Crippen molar-refractivity contribution in [2.24, 2.45) is 0 Å². The highest BCUT2D eigenvalue weighted by Crippen LogP contribution is 2.25. The fraction of sp³-hybridized carbons (Fsp3) is 0.0769. The van der Waals surface area contributed by atoms with Crippen molar-refractivity contribution in [3.63, 3.8) is 0 Å². The smallest absolute Gasteiger partial charge is 0.263 e. The van der Waals surface area contributed by atoms with Gasteiger partial charge in [0.15, 0.2) is 16.6 Å². The topological polar surface area (TPSA) is 60.7 Å². The molecule has 0 aromatic carbocycles. The average Bonchev–Trinajstić information content (AvgIpc) is 2.43. The summed E-state index contributed by atoms with van der Waals surface area (Å²) < 4.78 is 14.8. The Morgan fingerprint density at radius 3 is 2.71 bits per heavy atom. The largest absolute Gasteiger partial charge is 0.355 e. The van der Waals surface area contributed by atoms with E-state index in [0.717, 1.165) is 11.6 Å². The zero-order chi connectivity index (χ0) is 15.1. The van der Waals surface area contributed by atoms with Gasteiger partial charge in [-0.3, -0.25) is 4.98 Å². The summed E-state index contributed by atoms with van der Waals surface area (Å²) in [5, 5.41) is -0.281. The van der Waals surface area contributed by atoms with Crippen LogP contribution < -0.4 is 5.69 Å². The first-order chi connectivity index (χ1) is 9.99. The van der Waals surface area contributed by atoms with Gasteiger partial charge in [-0.1, -0.05) is 23.2 Å². The van der Waals surface area contributed by atoms with Gasteiger partial charge < -0.3 is 0 Å². The molecule has 0 saturated heterocycles. The van der Waals surface area contributed by atoms with Crippen LogP contribution in [0.5, 0.6) is 0 Å². The summed E-state index contributed by atoms with van der Waals surface area (Å²) in [6.45, 7) is 1.80. The van der Waals surface area contributed by atoms with Gasteiger partial charge >= 0.3 is 5.69 Å². The zero-order valence-electron chi connectivity index (χ0n) is 10.6. The number of hydrogen-bond donors (Lipinski definition) is 0. The van der Waals surface area contributed by atoms with E-state index >= 15 is 0 Å². The predicted octanol–water partition coefficient (Wildman–Crippen LogP) is 2.93. The maximum atomic E-state index is 13.6. The third-order valence-corrected chi connectivity index (χ3v) is 3.54. The normalized spacial score (nSPS) is 11.0. The fourth-order valence-electron chi connectivity index (χ4n) is 1.97. The Labute approximate surface area is 128 Å². The number of aryl methyl sites for hydroxylation is 1. The average molecular weight is 325 g/mol. The molecule has 21 heavy (non-hydrogen) atoms. The second kappa shape index (κ2) is 5.05. The number of aromatic nitrogens is 4. The molecule has 0 aliphatic rings. The van der Waals surface area contributed by atoms with Crippen LogP contribution in [0.4, 0.5) is 4.39 Å². The van der Waals surface area contributed by atoms with Crippen molar-refractivity contribution < 1.29 is 4.39 Å². The van der Waals surface area contributed by atoms with Crippen LogP contribution in [0, 0.1) is 12.7 Å². The van der Waals surface area contributed by atoms with Crippen LogP contribution in [-0.4, -0.2) is 19.5 Å². The Morgan fingerprint density at radius 2 is 2.00 bits per heavy atom. The molecule has 0 atom stereocenters. The van der Waals surface area contributed by atoms with E-state index in [4.69, 9.17) is 23.2 Å². The number of nitrogens with zero attached hydrogens (tertiary/aromatic N) is 4. The first-order valence-corrected chi connectivity index (χ1v) is 6.60. The van der Waals surface area contributed by atoms with Gasteiger partial charge in [0.25, 0.3) is 0 Å². The minimum atomic E-state index is -0.735. The second-order valence-corrected chi connectivity index (χ2v) is 5.03. The lowest BCUT2D eigenvalue weighted by atomic mass is 10.2. The monoisotopic (exact) mass is 324 g/mol. The summed E-state index contributed by atoms with van der Waals surface area (Å²) in [5.41, 5.74) is 0.743. The third-order valence-electron chi connectivity index (χ3n) is 2.98. The number of hydrogen-bond acceptors (Lipinski definition) is 4. The summed E-state index contributed by atoms with van der Waals surface area (Å²) in [6, 6.07) is 2.83. The van der Waals surface area contributed by atoms with E-state index < -0.39 is 11.5 Å². The second-order valence-electron chi connectivity index (χ2n) is 4.31. The van der Waals surface area contributed by atoms with Crippen molar-refractivity contribution in [2.75, 3.05) is 0 Å². The van der Waals surface area contributed by atoms with E-state index in [1.54, 1.807) is 19.2 Å². The number of halogens is 3. The maximum Gasteiger partial charge on any atom is 0.355 e. The molecule has 3 aromatic rings.